The number of piperazine rings is 1. The molecule has 1 atom stereocenters. The van der Waals surface area contributed by atoms with Gasteiger partial charge in [0.25, 0.3) is 0 Å². The van der Waals surface area contributed by atoms with Crippen LogP contribution in [0.2, 0.25) is 0 Å². The lowest BCUT2D eigenvalue weighted by molar-refractivity contribution is 0.134. The Bertz CT molecular complexity index is 840. The van der Waals surface area contributed by atoms with E-state index in [9.17, 15) is 12.8 Å². The highest BCUT2D eigenvalue weighted by molar-refractivity contribution is 7.90. The Balaban J connectivity index is 1.59. The number of nitrogens with zero attached hydrogens (tertiary/aromatic N) is 1. The number of ether oxygens (including phenoxy) is 1. The molecule has 3 rings (SSSR count). The van der Waals surface area contributed by atoms with Gasteiger partial charge >= 0.3 is 0 Å². The van der Waals surface area contributed by atoms with Crippen molar-refractivity contribution in [2.45, 2.75) is 10.9 Å². The van der Waals surface area contributed by atoms with Gasteiger partial charge in [0.05, 0.1) is 4.90 Å². The van der Waals surface area contributed by atoms with Crippen LogP contribution in [-0.2, 0) is 9.84 Å². The van der Waals surface area contributed by atoms with Gasteiger partial charge in [-0.15, -0.1) is 0 Å². The Labute approximate surface area is 153 Å². The summed E-state index contributed by atoms with van der Waals surface area (Å²) in [5, 5.41) is 3.35. The van der Waals surface area contributed by atoms with E-state index in [4.69, 9.17) is 4.74 Å². The third-order valence-electron chi connectivity index (χ3n) is 4.49. The molecule has 1 unspecified atom stereocenters. The van der Waals surface area contributed by atoms with E-state index in [0.29, 0.717) is 18.9 Å². The van der Waals surface area contributed by atoms with Crippen molar-refractivity contribution in [1.82, 2.24) is 10.2 Å². The topological polar surface area (TPSA) is 58.6 Å². The molecule has 2 aromatic carbocycles. The molecule has 5 nitrogen and oxygen atoms in total. The van der Waals surface area contributed by atoms with Gasteiger partial charge in [0.2, 0.25) is 0 Å². The van der Waals surface area contributed by atoms with Crippen LogP contribution in [0.25, 0.3) is 0 Å². The second kappa shape index (κ2) is 8.16. The number of rotatable bonds is 6. The van der Waals surface area contributed by atoms with Crippen molar-refractivity contribution in [1.29, 1.82) is 0 Å². The van der Waals surface area contributed by atoms with Gasteiger partial charge in [0, 0.05) is 38.5 Å². The number of halogens is 1. The molecule has 0 aliphatic carbocycles. The zero-order chi connectivity index (χ0) is 18.6. The fourth-order valence-corrected chi connectivity index (χ4v) is 3.75. The number of nitrogens with one attached hydrogen (secondary N) is 1. The van der Waals surface area contributed by atoms with Crippen LogP contribution in [0, 0.1) is 5.82 Å². The van der Waals surface area contributed by atoms with E-state index >= 15 is 0 Å². The summed E-state index contributed by atoms with van der Waals surface area (Å²) in [5.74, 6) is 0.407. The lowest BCUT2D eigenvalue weighted by atomic mass is 10.0. The third-order valence-corrected chi connectivity index (χ3v) is 5.62. The molecule has 1 saturated heterocycles. The molecule has 1 aliphatic rings. The van der Waals surface area contributed by atoms with E-state index in [1.54, 1.807) is 36.4 Å². The fourth-order valence-electron chi connectivity index (χ4n) is 3.12. The number of sulfone groups is 1. The standard InChI is InChI=1S/C19H23FN2O3S/c1-26(23,24)18-7-5-17(6-8-18)25-12-11-22-10-9-21-14-19(22)15-3-2-4-16(20)13-15/h2-8,13,19,21H,9-12,14H2,1H3. The summed E-state index contributed by atoms with van der Waals surface area (Å²) in [6, 6.07) is 13.2. The fraction of sp³-hybridized carbons (Fsp3) is 0.368. The molecule has 140 valence electrons. The molecule has 26 heavy (non-hydrogen) atoms. The maximum absolute atomic E-state index is 13.5. The summed E-state index contributed by atoms with van der Waals surface area (Å²) < 4.78 is 42.2. The summed E-state index contributed by atoms with van der Waals surface area (Å²) in [7, 11) is -3.20. The first-order valence-electron chi connectivity index (χ1n) is 8.56. The predicted molar refractivity (Wildman–Crippen MR) is 98.6 cm³/mol. The predicted octanol–water partition coefficient (Wildman–Crippen LogP) is 2.25. The summed E-state index contributed by atoms with van der Waals surface area (Å²) in [4.78, 5) is 2.55. The van der Waals surface area contributed by atoms with E-state index in [-0.39, 0.29) is 16.8 Å². The van der Waals surface area contributed by atoms with Gasteiger partial charge in [-0.1, -0.05) is 12.1 Å². The van der Waals surface area contributed by atoms with E-state index in [2.05, 4.69) is 10.2 Å². The zero-order valence-electron chi connectivity index (χ0n) is 14.7. The zero-order valence-corrected chi connectivity index (χ0v) is 15.5. The maximum atomic E-state index is 13.5. The molecule has 0 aromatic heterocycles. The minimum atomic E-state index is -3.20. The van der Waals surface area contributed by atoms with Gasteiger partial charge in [-0.25, -0.2) is 12.8 Å². The van der Waals surface area contributed by atoms with Crippen LogP contribution in [0.3, 0.4) is 0 Å². The Morgan fingerprint density at radius 1 is 1.23 bits per heavy atom. The van der Waals surface area contributed by atoms with Gasteiger partial charge in [0.1, 0.15) is 18.2 Å². The van der Waals surface area contributed by atoms with Crippen molar-refractivity contribution in [2.75, 3.05) is 39.0 Å². The van der Waals surface area contributed by atoms with Crippen molar-refractivity contribution >= 4 is 9.84 Å². The second-order valence-electron chi connectivity index (χ2n) is 6.40. The van der Waals surface area contributed by atoms with Crippen LogP contribution in [0.5, 0.6) is 5.75 Å². The van der Waals surface area contributed by atoms with Gasteiger partial charge in [-0.05, 0) is 42.0 Å². The second-order valence-corrected chi connectivity index (χ2v) is 8.42. The molecule has 2 aromatic rings. The highest BCUT2D eigenvalue weighted by Gasteiger charge is 2.23. The Morgan fingerprint density at radius 2 is 2.00 bits per heavy atom. The van der Waals surface area contributed by atoms with Crippen molar-refractivity contribution in [3.05, 3.63) is 59.9 Å². The van der Waals surface area contributed by atoms with E-state index in [1.165, 1.54) is 12.3 Å². The Morgan fingerprint density at radius 3 is 2.69 bits per heavy atom. The van der Waals surface area contributed by atoms with Gasteiger partial charge in [-0.2, -0.15) is 0 Å². The first-order valence-corrected chi connectivity index (χ1v) is 10.5. The largest absolute Gasteiger partial charge is 0.492 e. The van der Waals surface area contributed by atoms with Crippen molar-refractivity contribution < 1.29 is 17.5 Å². The number of hydrogen-bond acceptors (Lipinski definition) is 5. The summed E-state index contributed by atoms with van der Waals surface area (Å²) >= 11 is 0. The maximum Gasteiger partial charge on any atom is 0.175 e. The number of hydrogen-bond donors (Lipinski definition) is 1. The minimum Gasteiger partial charge on any atom is -0.492 e. The van der Waals surface area contributed by atoms with E-state index in [1.807, 2.05) is 6.07 Å². The smallest absolute Gasteiger partial charge is 0.175 e. The van der Waals surface area contributed by atoms with Crippen LogP contribution >= 0.6 is 0 Å². The third kappa shape index (κ3) is 4.81. The van der Waals surface area contributed by atoms with Crippen LogP contribution < -0.4 is 10.1 Å². The normalized spacial score (nSPS) is 18.6. The van der Waals surface area contributed by atoms with Crippen molar-refractivity contribution in [3.8, 4) is 5.75 Å². The molecule has 0 spiro atoms. The van der Waals surface area contributed by atoms with Crippen LogP contribution in [0.15, 0.2) is 53.4 Å². The Kier molecular flexibility index (Phi) is 5.90. The molecule has 1 fully saturated rings. The van der Waals surface area contributed by atoms with Gasteiger partial charge < -0.3 is 10.1 Å². The molecule has 1 N–H and O–H groups in total. The van der Waals surface area contributed by atoms with Crippen LogP contribution in [0.1, 0.15) is 11.6 Å². The molecule has 0 bridgehead atoms. The lowest BCUT2D eigenvalue weighted by Gasteiger charge is -2.36. The van der Waals surface area contributed by atoms with Crippen LogP contribution in [-0.4, -0.2) is 52.4 Å². The highest BCUT2D eigenvalue weighted by Crippen LogP contribution is 2.23. The monoisotopic (exact) mass is 378 g/mol. The lowest BCUT2D eigenvalue weighted by Crippen LogP contribution is -2.47. The molecule has 0 saturated carbocycles. The minimum absolute atomic E-state index is 0.107. The molecule has 0 amide bonds. The molecular weight excluding hydrogens is 355 g/mol. The van der Waals surface area contributed by atoms with Gasteiger partial charge in [-0.3, -0.25) is 4.90 Å². The highest BCUT2D eigenvalue weighted by atomic mass is 32.2. The van der Waals surface area contributed by atoms with E-state index in [0.717, 1.165) is 25.2 Å². The van der Waals surface area contributed by atoms with E-state index < -0.39 is 9.84 Å². The Hall–Kier alpha value is -1.96. The quantitative estimate of drug-likeness (QED) is 0.836. The summed E-state index contributed by atoms with van der Waals surface area (Å²) in [6.45, 7) is 3.69. The number of benzene rings is 2. The first kappa shape index (κ1) is 18.8. The molecule has 1 heterocycles. The summed E-state index contributed by atoms with van der Waals surface area (Å²) in [5.41, 5.74) is 0.953. The molecule has 1 aliphatic heterocycles. The first-order chi connectivity index (χ1) is 12.4. The average Bonchev–Trinajstić information content (AvgIpc) is 2.62. The summed E-state index contributed by atoms with van der Waals surface area (Å²) in [6.07, 6.45) is 1.18. The SMILES string of the molecule is CS(=O)(=O)c1ccc(OCCN2CCNCC2c2cccc(F)c2)cc1. The molecular formula is C19H23FN2O3S. The average molecular weight is 378 g/mol. The molecule has 0 radical (unpaired) electrons. The van der Waals surface area contributed by atoms with Crippen molar-refractivity contribution in [3.63, 3.8) is 0 Å². The van der Waals surface area contributed by atoms with Crippen LogP contribution in [0.4, 0.5) is 4.39 Å². The van der Waals surface area contributed by atoms with Crippen molar-refractivity contribution in [2.24, 2.45) is 0 Å². The van der Waals surface area contributed by atoms with Gasteiger partial charge in [0.15, 0.2) is 9.84 Å². The molecule has 7 heteroatoms.